The molecule has 0 aromatic carbocycles. The van der Waals surface area contributed by atoms with Gasteiger partial charge in [0.05, 0.1) is 36.2 Å². The van der Waals surface area contributed by atoms with Crippen LogP contribution in [0.2, 0.25) is 0 Å². The van der Waals surface area contributed by atoms with Gasteiger partial charge in [-0.3, -0.25) is 9.88 Å². The van der Waals surface area contributed by atoms with E-state index in [9.17, 15) is 33.6 Å². The Morgan fingerprint density at radius 1 is 1.14 bits per heavy atom. The van der Waals surface area contributed by atoms with Gasteiger partial charge in [-0.15, -0.1) is 0 Å². The van der Waals surface area contributed by atoms with Crippen LogP contribution in [-0.4, -0.2) is 87.4 Å². The molecule has 7 nitrogen and oxygen atoms in total. The summed E-state index contributed by atoms with van der Waals surface area (Å²) in [6.45, 7) is 0.948. The van der Waals surface area contributed by atoms with E-state index < -0.39 is 36.1 Å². The van der Waals surface area contributed by atoms with Gasteiger partial charge in [0.1, 0.15) is 12.2 Å². The summed E-state index contributed by atoms with van der Waals surface area (Å²) in [6.07, 6.45) is -4.40. The van der Waals surface area contributed by atoms with Crippen LogP contribution < -0.4 is 4.90 Å². The van der Waals surface area contributed by atoms with Crippen LogP contribution in [0.3, 0.4) is 0 Å². The highest BCUT2D eigenvalue weighted by Gasteiger charge is 2.42. The van der Waals surface area contributed by atoms with Gasteiger partial charge in [0.25, 0.3) is 0 Å². The zero-order valence-electron chi connectivity index (χ0n) is 15.3. The standard InChI is InChI=1S/C18H26F3N3O4/c19-18(20,21)12-3-4-22-6-13(12)23-5-1-2-11(7-23)8-24-9-15(26)17(28)16(27)14(24)10-25/h3-4,6,11,14-17,25-28H,1-2,5,7-10H2/t11-,14-,15+,16-,17-/m1/s1. The first-order valence-corrected chi connectivity index (χ1v) is 9.37. The van der Waals surface area contributed by atoms with E-state index in [-0.39, 0.29) is 24.8 Å². The molecule has 2 aliphatic heterocycles. The number of β-amino-alcohol motifs (C(OH)–C–C–N with tert-alkyl or cyclic N) is 1. The fourth-order valence-corrected chi connectivity index (χ4v) is 4.23. The quantitative estimate of drug-likeness (QED) is 0.563. The number of likely N-dealkylation sites (tertiary alicyclic amines) is 1. The van der Waals surface area contributed by atoms with Gasteiger partial charge < -0.3 is 25.3 Å². The molecule has 3 heterocycles. The van der Waals surface area contributed by atoms with Gasteiger partial charge in [-0.25, -0.2) is 0 Å². The number of nitrogens with zero attached hydrogens (tertiary/aromatic N) is 3. The highest BCUT2D eigenvalue weighted by atomic mass is 19.4. The second-order valence-corrected chi connectivity index (χ2v) is 7.60. The summed E-state index contributed by atoms with van der Waals surface area (Å²) in [6, 6.07) is 0.248. The molecule has 2 aliphatic rings. The van der Waals surface area contributed by atoms with Crippen molar-refractivity contribution in [3.63, 3.8) is 0 Å². The topological polar surface area (TPSA) is 100 Å². The number of aliphatic hydroxyl groups is 4. The van der Waals surface area contributed by atoms with Crippen LogP contribution >= 0.6 is 0 Å². The maximum absolute atomic E-state index is 13.3. The van der Waals surface area contributed by atoms with Gasteiger partial charge >= 0.3 is 6.18 Å². The van der Waals surface area contributed by atoms with Crippen molar-refractivity contribution >= 4 is 5.69 Å². The number of aliphatic hydroxyl groups excluding tert-OH is 4. The van der Waals surface area contributed by atoms with Crippen LogP contribution in [-0.2, 0) is 6.18 Å². The van der Waals surface area contributed by atoms with E-state index in [0.29, 0.717) is 26.1 Å². The van der Waals surface area contributed by atoms with Crippen molar-refractivity contribution in [2.24, 2.45) is 5.92 Å². The highest BCUT2D eigenvalue weighted by Crippen LogP contribution is 2.37. The third-order valence-electron chi connectivity index (χ3n) is 5.67. The third-order valence-corrected chi connectivity index (χ3v) is 5.67. The van der Waals surface area contributed by atoms with Crippen LogP contribution in [0.25, 0.3) is 0 Å². The smallest absolute Gasteiger partial charge is 0.395 e. The molecular formula is C18H26F3N3O4. The number of piperidine rings is 2. The van der Waals surface area contributed by atoms with Gasteiger partial charge in [0.15, 0.2) is 0 Å². The first kappa shape index (κ1) is 21.3. The van der Waals surface area contributed by atoms with Gasteiger partial charge in [0.2, 0.25) is 0 Å². The van der Waals surface area contributed by atoms with E-state index in [1.54, 1.807) is 9.80 Å². The lowest BCUT2D eigenvalue weighted by molar-refractivity contribution is -0.147. The molecule has 0 unspecified atom stereocenters. The molecule has 158 valence electrons. The Morgan fingerprint density at radius 3 is 2.57 bits per heavy atom. The first-order valence-electron chi connectivity index (χ1n) is 9.37. The molecule has 4 N–H and O–H groups in total. The monoisotopic (exact) mass is 405 g/mol. The number of aromatic nitrogens is 1. The fraction of sp³-hybridized carbons (Fsp3) is 0.722. The Hall–Kier alpha value is -1.46. The number of hydrogen-bond acceptors (Lipinski definition) is 7. The van der Waals surface area contributed by atoms with Crippen molar-refractivity contribution in [1.82, 2.24) is 9.88 Å². The average molecular weight is 405 g/mol. The number of rotatable bonds is 4. The average Bonchev–Trinajstić information content (AvgIpc) is 2.66. The molecule has 1 aromatic heterocycles. The van der Waals surface area contributed by atoms with Crippen molar-refractivity contribution in [3.8, 4) is 0 Å². The van der Waals surface area contributed by atoms with Gasteiger partial charge in [-0.2, -0.15) is 13.2 Å². The van der Waals surface area contributed by atoms with Gasteiger partial charge in [0, 0.05) is 32.4 Å². The second-order valence-electron chi connectivity index (χ2n) is 7.60. The van der Waals surface area contributed by atoms with E-state index in [2.05, 4.69) is 4.98 Å². The third kappa shape index (κ3) is 4.41. The van der Waals surface area contributed by atoms with E-state index in [1.807, 2.05) is 0 Å². The molecule has 0 spiro atoms. The maximum Gasteiger partial charge on any atom is 0.418 e. The van der Waals surface area contributed by atoms with Crippen LogP contribution in [0.15, 0.2) is 18.5 Å². The van der Waals surface area contributed by atoms with E-state index in [4.69, 9.17) is 0 Å². The molecule has 1 aromatic rings. The van der Waals surface area contributed by atoms with Crippen LogP contribution in [0, 0.1) is 5.92 Å². The number of alkyl halides is 3. The lowest BCUT2D eigenvalue weighted by Crippen LogP contribution is -2.63. The molecule has 0 amide bonds. The molecule has 10 heteroatoms. The summed E-state index contributed by atoms with van der Waals surface area (Å²) >= 11 is 0. The van der Waals surface area contributed by atoms with Crippen molar-refractivity contribution in [2.75, 3.05) is 37.7 Å². The molecule has 0 radical (unpaired) electrons. The Labute approximate surface area is 161 Å². The SMILES string of the molecule is OC[C@@H]1[C@@H](O)[C@H](O)[C@@H](O)CN1C[C@@H]1CCCN(c2cnccc2C(F)(F)F)C1. The second kappa shape index (κ2) is 8.50. The summed E-state index contributed by atoms with van der Waals surface area (Å²) < 4.78 is 40.0. The molecule has 2 fully saturated rings. The van der Waals surface area contributed by atoms with Crippen molar-refractivity contribution < 1.29 is 33.6 Å². The summed E-state index contributed by atoms with van der Waals surface area (Å²) in [5.41, 5.74) is -0.670. The minimum absolute atomic E-state index is 0.0151. The largest absolute Gasteiger partial charge is 0.418 e. The van der Waals surface area contributed by atoms with Crippen LogP contribution in [0.4, 0.5) is 18.9 Å². The van der Waals surface area contributed by atoms with E-state index in [0.717, 1.165) is 18.7 Å². The number of pyridine rings is 1. The zero-order valence-corrected chi connectivity index (χ0v) is 15.3. The molecule has 0 bridgehead atoms. The zero-order chi connectivity index (χ0) is 20.5. The predicted molar refractivity (Wildman–Crippen MR) is 94.6 cm³/mol. The minimum Gasteiger partial charge on any atom is -0.395 e. The van der Waals surface area contributed by atoms with Gasteiger partial charge in [-0.1, -0.05) is 0 Å². The Morgan fingerprint density at radius 2 is 1.89 bits per heavy atom. The molecule has 3 rings (SSSR count). The van der Waals surface area contributed by atoms with Crippen LogP contribution in [0.5, 0.6) is 0 Å². The normalized spacial score (nSPS) is 32.5. The highest BCUT2D eigenvalue weighted by molar-refractivity contribution is 5.53. The Bertz CT molecular complexity index is 663. The molecule has 5 atom stereocenters. The summed E-state index contributed by atoms with van der Waals surface area (Å²) in [5.74, 6) is -0.0151. The summed E-state index contributed by atoms with van der Waals surface area (Å²) in [4.78, 5) is 7.23. The molecular weight excluding hydrogens is 379 g/mol. The number of anilines is 1. The lowest BCUT2D eigenvalue weighted by atomic mass is 9.90. The van der Waals surface area contributed by atoms with Crippen molar-refractivity contribution in [1.29, 1.82) is 0 Å². The maximum atomic E-state index is 13.3. The minimum atomic E-state index is -4.47. The van der Waals surface area contributed by atoms with Crippen molar-refractivity contribution in [2.45, 2.75) is 43.4 Å². The fourth-order valence-electron chi connectivity index (χ4n) is 4.23. The molecule has 28 heavy (non-hydrogen) atoms. The predicted octanol–water partition coefficient (Wildman–Crippen LogP) is 0.0760. The first-order chi connectivity index (χ1) is 13.2. The lowest BCUT2D eigenvalue weighted by Gasteiger charge is -2.45. The Kier molecular flexibility index (Phi) is 6.45. The van der Waals surface area contributed by atoms with Crippen LogP contribution in [0.1, 0.15) is 18.4 Å². The number of hydrogen-bond donors (Lipinski definition) is 4. The summed E-state index contributed by atoms with van der Waals surface area (Å²) in [7, 11) is 0. The molecule has 0 aliphatic carbocycles. The van der Waals surface area contributed by atoms with E-state index in [1.165, 1.54) is 6.20 Å². The van der Waals surface area contributed by atoms with Crippen molar-refractivity contribution in [3.05, 3.63) is 24.0 Å². The molecule has 0 saturated carbocycles. The number of halogens is 3. The Balaban J connectivity index is 1.72. The van der Waals surface area contributed by atoms with E-state index >= 15 is 0 Å². The molecule has 2 saturated heterocycles. The summed E-state index contributed by atoms with van der Waals surface area (Å²) in [5, 5.41) is 39.4. The van der Waals surface area contributed by atoms with Gasteiger partial charge in [-0.05, 0) is 24.8 Å².